The van der Waals surface area contributed by atoms with E-state index in [-0.39, 0.29) is 11.6 Å². The van der Waals surface area contributed by atoms with Gasteiger partial charge in [-0.1, -0.05) is 0 Å². The molecule has 0 bridgehead atoms. The minimum atomic E-state index is -0.195. The summed E-state index contributed by atoms with van der Waals surface area (Å²) in [6.45, 7) is 3.66. The fourth-order valence-electron chi connectivity index (χ4n) is 2.22. The molecule has 0 atom stereocenters. The molecule has 2 rings (SSSR count). The molecule has 0 unspecified atom stereocenters. The van der Waals surface area contributed by atoms with Crippen molar-refractivity contribution in [1.82, 2.24) is 10.2 Å². The third-order valence-electron chi connectivity index (χ3n) is 3.40. The Labute approximate surface area is 112 Å². The molecule has 1 aromatic carbocycles. The Balaban J connectivity index is 2.33. The summed E-state index contributed by atoms with van der Waals surface area (Å²) in [7, 11) is 3.66. The zero-order chi connectivity index (χ0) is 13.8. The van der Waals surface area contributed by atoms with Gasteiger partial charge in [0, 0.05) is 38.9 Å². The van der Waals surface area contributed by atoms with Gasteiger partial charge in [-0.15, -0.1) is 4.91 Å². The third-order valence-corrected chi connectivity index (χ3v) is 3.40. The second-order valence-corrected chi connectivity index (χ2v) is 4.66. The van der Waals surface area contributed by atoms with Gasteiger partial charge in [0.2, 0.25) is 0 Å². The van der Waals surface area contributed by atoms with Crippen LogP contribution in [0.1, 0.15) is 10.4 Å². The maximum atomic E-state index is 11.9. The highest BCUT2D eigenvalue weighted by molar-refractivity contribution is 6.00. The van der Waals surface area contributed by atoms with Gasteiger partial charge in [0.05, 0.1) is 5.56 Å². The predicted molar refractivity (Wildman–Crippen MR) is 75.0 cm³/mol. The van der Waals surface area contributed by atoms with Crippen molar-refractivity contribution in [3.63, 3.8) is 0 Å². The van der Waals surface area contributed by atoms with Crippen molar-refractivity contribution in [2.45, 2.75) is 0 Å². The van der Waals surface area contributed by atoms with E-state index in [1.165, 1.54) is 0 Å². The van der Waals surface area contributed by atoms with Crippen LogP contribution in [0.5, 0.6) is 0 Å². The summed E-state index contributed by atoms with van der Waals surface area (Å²) in [4.78, 5) is 26.9. The average Bonchev–Trinajstić information content (AvgIpc) is 2.46. The number of likely N-dealkylation sites (N-methyl/N-ethyl adjacent to an activating group) is 1. The zero-order valence-electron chi connectivity index (χ0n) is 11.2. The van der Waals surface area contributed by atoms with E-state index in [9.17, 15) is 9.70 Å². The summed E-state index contributed by atoms with van der Waals surface area (Å²) in [5.74, 6) is -0.195. The molecule has 1 aromatic rings. The number of hydrogen-bond donors (Lipinski definition) is 1. The van der Waals surface area contributed by atoms with Gasteiger partial charge in [0.25, 0.3) is 5.91 Å². The minimum absolute atomic E-state index is 0.195. The summed E-state index contributed by atoms with van der Waals surface area (Å²) < 4.78 is 0. The van der Waals surface area contributed by atoms with E-state index in [0.29, 0.717) is 5.56 Å². The molecule has 6 nitrogen and oxygen atoms in total. The van der Waals surface area contributed by atoms with Gasteiger partial charge in [-0.25, -0.2) is 0 Å². The molecule has 0 saturated carbocycles. The molecular weight excluding hydrogens is 244 g/mol. The molecule has 1 N–H and O–H groups in total. The Morgan fingerprint density at radius 1 is 1.26 bits per heavy atom. The van der Waals surface area contributed by atoms with Crippen LogP contribution in [0.25, 0.3) is 0 Å². The number of rotatable bonds is 3. The molecule has 0 aliphatic carbocycles. The van der Waals surface area contributed by atoms with E-state index in [0.717, 1.165) is 31.9 Å². The fourth-order valence-corrected chi connectivity index (χ4v) is 2.22. The smallest absolute Gasteiger partial charge is 0.253 e. The topological polar surface area (TPSA) is 65.0 Å². The van der Waals surface area contributed by atoms with Crippen molar-refractivity contribution in [2.24, 2.45) is 5.18 Å². The first-order valence-electron chi connectivity index (χ1n) is 6.28. The van der Waals surface area contributed by atoms with Crippen molar-refractivity contribution in [2.75, 3.05) is 45.2 Å². The van der Waals surface area contributed by atoms with Crippen LogP contribution >= 0.6 is 0 Å². The SMILES string of the molecule is CNC(=O)c1cc(N=O)ccc1N1CCN(C)CC1. The monoisotopic (exact) mass is 262 g/mol. The highest BCUT2D eigenvalue weighted by atomic mass is 16.3. The number of benzene rings is 1. The molecule has 0 spiro atoms. The van der Waals surface area contributed by atoms with Crippen LogP contribution in [0.3, 0.4) is 0 Å². The van der Waals surface area contributed by atoms with Gasteiger partial charge in [0.15, 0.2) is 0 Å². The third kappa shape index (κ3) is 2.90. The van der Waals surface area contributed by atoms with Crippen LogP contribution in [0.15, 0.2) is 23.4 Å². The number of piperazine rings is 1. The number of amides is 1. The molecule has 6 heteroatoms. The minimum Gasteiger partial charge on any atom is -0.368 e. The number of anilines is 1. The van der Waals surface area contributed by atoms with Crippen molar-refractivity contribution in [3.8, 4) is 0 Å². The van der Waals surface area contributed by atoms with E-state index in [1.54, 1.807) is 25.2 Å². The van der Waals surface area contributed by atoms with E-state index in [4.69, 9.17) is 0 Å². The first-order chi connectivity index (χ1) is 9.15. The van der Waals surface area contributed by atoms with Crippen molar-refractivity contribution >= 4 is 17.3 Å². The van der Waals surface area contributed by atoms with Gasteiger partial charge < -0.3 is 15.1 Å². The van der Waals surface area contributed by atoms with Gasteiger partial charge in [0.1, 0.15) is 5.69 Å². The first-order valence-corrected chi connectivity index (χ1v) is 6.28. The summed E-state index contributed by atoms with van der Waals surface area (Å²) in [6, 6.07) is 4.99. The Morgan fingerprint density at radius 2 is 1.95 bits per heavy atom. The van der Waals surface area contributed by atoms with Crippen LogP contribution in [0.2, 0.25) is 0 Å². The lowest BCUT2D eigenvalue weighted by Crippen LogP contribution is -2.45. The van der Waals surface area contributed by atoms with Crippen LogP contribution in [-0.4, -0.2) is 51.1 Å². The number of nitrogens with one attached hydrogen (secondary N) is 1. The molecule has 1 amide bonds. The highest BCUT2D eigenvalue weighted by Gasteiger charge is 2.20. The van der Waals surface area contributed by atoms with Gasteiger partial charge in [-0.05, 0) is 30.4 Å². The molecular formula is C13H18N4O2. The molecule has 1 aliphatic heterocycles. The molecule has 19 heavy (non-hydrogen) atoms. The molecule has 0 aromatic heterocycles. The van der Waals surface area contributed by atoms with Crippen molar-refractivity contribution in [1.29, 1.82) is 0 Å². The Morgan fingerprint density at radius 3 is 2.53 bits per heavy atom. The van der Waals surface area contributed by atoms with Crippen LogP contribution in [-0.2, 0) is 0 Å². The quantitative estimate of drug-likeness (QED) is 0.831. The molecule has 0 radical (unpaired) electrons. The molecule has 1 heterocycles. The second kappa shape index (κ2) is 5.79. The van der Waals surface area contributed by atoms with Gasteiger partial charge >= 0.3 is 0 Å². The van der Waals surface area contributed by atoms with E-state index in [1.807, 2.05) is 0 Å². The van der Waals surface area contributed by atoms with Crippen LogP contribution in [0, 0.1) is 4.91 Å². The molecule has 1 saturated heterocycles. The standard InChI is InChI=1S/C13H18N4O2/c1-14-13(18)11-9-10(15-19)3-4-12(11)17-7-5-16(2)6-8-17/h3-4,9H,5-8H2,1-2H3,(H,14,18). The van der Waals surface area contributed by atoms with Crippen molar-refractivity contribution in [3.05, 3.63) is 28.7 Å². The highest BCUT2D eigenvalue weighted by Crippen LogP contribution is 2.26. The maximum Gasteiger partial charge on any atom is 0.253 e. The average molecular weight is 262 g/mol. The van der Waals surface area contributed by atoms with E-state index < -0.39 is 0 Å². The Kier molecular flexibility index (Phi) is 4.11. The predicted octanol–water partition coefficient (Wildman–Crippen LogP) is 1.20. The molecule has 102 valence electrons. The lowest BCUT2D eigenvalue weighted by molar-refractivity contribution is 0.0963. The van der Waals surface area contributed by atoms with Crippen LogP contribution < -0.4 is 10.2 Å². The van der Waals surface area contributed by atoms with Crippen molar-refractivity contribution < 1.29 is 4.79 Å². The Bertz CT molecular complexity index is 482. The first kappa shape index (κ1) is 13.5. The largest absolute Gasteiger partial charge is 0.368 e. The molecule has 1 fully saturated rings. The fraction of sp³-hybridized carbons (Fsp3) is 0.462. The lowest BCUT2D eigenvalue weighted by atomic mass is 10.1. The van der Waals surface area contributed by atoms with Gasteiger partial charge in [-0.2, -0.15) is 0 Å². The van der Waals surface area contributed by atoms with Crippen LogP contribution in [0.4, 0.5) is 11.4 Å². The number of nitroso groups, excluding NO2 is 1. The number of carbonyl (C=O) groups is 1. The summed E-state index contributed by atoms with van der Waals surface area (Å²) >= 11 is 0. The Hall–Kier alpha value is -1.95. The number of hydrogen-bond acceptors (Lipinski definition) is 5. The summed E-state index contributed by atoms with van der Waals surface area (Å²) in [5, 5.41) is 5.49. The summed E-state index contributed by atoms with van der Waals surface area (Å²) in [5.41, 5.74) is 1.64. The number of nitrogens with zero attached hydrogens (tertiary/aromatic N) is 3. The summed E-state index contributed by atoms with van der Waals surface area (Å²) in [6.07, 6.45) is 0. The normalized spacial score (nSPS) is 16.2. The van der Waals surface area contributed by atoms with E-state index in [2.05, 4.69) is 27.3 Å². The van der Waals surface area contributed by atoms with Gasteiger partial charge in [-0.3, -0.25) is 4.79 Å². The zero-order valence-corrected chi connectivity index (χ0v) is 11.2. The molecule has 1 aliphatic rings. The van der Waals surface area contributed by atoms with E-state index >= 15 is 0 Å². The lowest BCUT2D eigenvalue weighted by Gasteiger charge is -2.35. The second-order valence-electron chi connectivity index (χ2n) is 4.66. The number of carbonyl (C=O) groups excluding carboxylic acids is 1. The maximum absolute atomic E-state index is 11.9.